The highest BCUT2D eigenvalue weighted by atomic mass is 35.5. The summed E-state index contributed by atoms with van der Waals surface area (Å²) < 4.78 is 0. The van der Waals surface area contributed by atoms with E-state index in [0.29, 0.717) is 24.4 Å². The van der Waals surface area contributed by atoms with Gasteiger partial charge in [0.25, 0.3) is 5.91 Å². The van der Waals surface area contributed by atoms with Crippen molar-refractivity contribution in [3.05, 3.63) is 29.0 Å². The van der Waals surface area contributed by atoms with E-state index in [0.717, 1.165) is 0 Å². The molecule has 1 heterocycles. The molecule has 2 N–H and O–H groups in total. The summed E-state index contributed by atoms with van der Waals surface area (Å²) in [6.45, 7) is 0.431. The lowest BCUT2D eigenvalue weighted by Gasteiger charge is -2.03. The van der Waals surface area contributed by atoms with Crippen LogP contribution in [0.1, 0.15) is 29.8 Å². The SMILES string of the molecule is O=C(O)CCCCNC(=O)c1cc(Cl)ccn1. The van der Waals surface area contributed by atoms with Gasteiger partial charge in [0.1, 0.15) is 5.69 Å². The summed E-state index contributed by atoms with van der Waals surface area (Å²) in [5.41, 5.74) is 0.260. The van der Waals surface area contributed by atoms with E-state index < -0.39 is 5.97 Å². The first-order valence-corrected chi connectivity index (χ1v) is 5.59. The summed E-state index contributed by atoms with van der Waals surface area (Å²) in [5.74, 6) is -1.13. The highest BCUT2D eigenvalue weighted by molar-refractivity contribution is 6.30. The van der Waals surface area contributed by atoms with Crippen LogP contribution in [0.3, 0.4) is 0 Å². The molecule has 1 aromatic rings. The van der Waals surface area contributed by atoms with Gasteiger partial charge in [0.05, 0.1) is 0 Å². The zero-order valence-electron chi connectivity index (χ0n) is 9.15. The van der Waals surface area contributed by atoms with Gasteiger partial charge in [-0.2, -0.15) is 0 Å². The number of carboxylic acids is 1. The van der Waals surface area contributed by atoms with E-state index in [4.69, 9.17) is 16.7 Å². The molecule has 0 bridgehead atoms. The molecule has 6 heteroatoms. The number of hydrogen-bond donors (Lipinski definition) is 2. The Morgan fingerprint density at radius 3 is 2.82 bits per heavy atom. The first-order chi connectivity index (χ1) is 8.09. The Morgan fingerprint density at radius 1 is 1.41 bits per heavy atom. The molecule has 1 aromatic heterocycles. The fourth-order valence-electron chi connectivity index (χ4n) is 1.22. The van der Waals surface area contributed by atoms with Crippen LogP contribution in [0.4, 0.5) is 0 Å². The first-order valence-electron chi connectivity index (χ1n) is 5.21. The average molecular weight is 257 g/mol. The van der Waals surface area contributed by atoms with Crippen molar-refractivity contribution in [2.75, 3.05) is 6.54 Å². The van der Waals surface area contributed by atoms with Crippen molar-refractivity contribution in [2.24, 2.45) is 0 Å². The minimum absolute atomic E-state index is 0.116. The molecule has 17 heavy (non-hydrogen) atoms. The van der Waals surface area contributed by atoms with Crippen molar-refractivity contribution in [2.45, 2.75) is 19.3 Å². The summed E-state index contributed by atoms with van der Waals surface area (Å²) in [7, 11) is 0. The van der Waals surface area contributed by atoms with Gasteiger partial charge in [-0.1, -0.05) is 11.6 Å². The predicted octanol–water partition coefficient (Wildman–Crippen LogP) is 1.72. The highest BCUT2D eigenvalue weighted by Crippen LogP contribution is 2.07. The third-order valence-corrected chi connectivity index (χ3v) is 2.29. The van der Waals surface area contributed by atoms with Gasteiger partial charge in [0.15, 0.2) is 0 Å². The fourth-order valence-corrected chi connectivity index (χ4v) is 1.38. The van der Waals surface area contributed by atoms with Gasteiger partial charge in [-0.05, 0) is 25.0 Å². The number of amides is 1. The molecule has 0 saturated heterocycles. The van der Waals surface area contributed by atoms with Crippen LogP contribution < -0.4 is 5.32 Å². The topological polar surface area (TPSA) is 79.3 Å². The van der Waals surface area contributed by atoms with E-state index >= 15 is 0 Å². The van der Waals surface area contributed by atoms with Crippen LogP contribution in [-0.4, -0.2) is 28.5 Å². The van der Waals surface area contributed by atoms with Crippen molar-refractivity contribution in [1.82, 2.24) is 10.3 Å². The predicted molar refractivity (Wildman–Crippen MR) is 63.1 cm³/mol. The number of halogens is 1. The van der Waals surface area contributed by atoms with Crippen LogP contribution in [0, 0.1) is 0 Å². The highest BCUT2D eigenvalue weighted by Gasteiger charge is 2.06. The van der Waals surface area contributed by atoms with Gasteiger partial charge < -0.3 is 10.4 Å². The number of unbranched alkanes of at least 4 members (excludes halogenated alkanes) is 1. The summed E-state index contributed by atoms with van der Waals surface area (Å²) in [5, 5.41) is 11.5. The quantitative estimate of drug-likeness (QED) is 0.760. The number of carbonyl (C=O) groups is 2. The van der Waals surface area contributed by atoms with Crippen LogP contribution in [0.25, 0.3) is 0 Å². The standard InChI is InChI=1S/C11H13ClN2O3/c12-8-4-6-13-9(7-8)11(17)14-5-2-1-3-10(15)16/h4,6-7H,1-3,5H2,(H,14,17)(H,15,16). The zero-order chi connectivity index (χ0) is 12.7. The van der Waals surface area contributed by atoms with Crippen molar-refractivity contribution in [3.8, 4) is 0 Å². The average Bonchev–Trinajstić information content (AvgIpc) is 2.28. The van der Waals surface area contributed by atoms with Crippen LogP contribution in [0.5, 0.6) is 0 Å². The van der Waals surface area contributed by atoms with Gasteiger partial charge in [-0.3, -0.25) is 14.6 Å². The summed E-state index contributed by atoms with van der Waals surface area (Å²) in [6.07, 6.45) is 2.74. The molecule has 0 radical (unpaired) electrons. The van der Waals surface area contributed by atoms with Crippen LogP contribution in [0.15, 0.2) is 18.3 Å². The molecule has 0 saturated carbocycles. The number of carboxylic acid groups (broad SMARTS) is 1. The molecule has 0 aliphatic carbocycles. The lowest BCUT2D eigenvalue weighted by Crippen LogP contribution is -2.25. The molecule has 0 spiro atoms. The molecule has 0 aliphatic heterocycles. The second-order valence-electron chi connectivity index (χ2n) is 3.47. The molecule has 92 valence electrons. The molecule has 1 amide bonds. The molecule has 0 aromatic carbocycles. The molecular weight excluding hydrogens is 244 g/mol. The number of nitrogens with zero attached hydrogens (tertiary/aromatic N) is 1. The largest absolute Gasteiger partial charge is 0.481 e. The normalized spacial score (nSPS) is 9.94. The lowest BCUT2D eigenvalue weighted by molar-refractivity contribution is -0.137. The number of rotatable bonds is 6. The van der Waals surface area contributed by atoms with Crippen LogP contribution in [-0.2, 0) is 4.79 Å². The van der Waals surface area contributed by atoms with E-state index in [1.54, 1.807) is 6.07 Å². The summed E-state index contributed by atoms with van der Waals surface area (Å²) in [4.78, 5) is 25.7. The van der Waals surface area contributed by atoms with Crippen molar-refractivity contribution < 1.29 is 14.7 Å². The maximum absolute atomic E-state index is 11.5. The number of aliphatic carboxylic acids is 1. The van der Waals surface area contributed by atoms with Gasteiger partial charge in [-0.25, -0.2) is 0 Å². The Morgan fingerprint density at radius 2 is 2.18 bits per heavy atom. The minimum atomic E-state index is -0.826. The van der Waals surface area contributed by atoms with Gasteiger partial charge >= 0.3 is 5.97 Å². The van der Waals surface area contributed by atoms with Crippen molar-refractivity contribution in [1.29, 1.82) is 0 Å². The Kier molecular flexibility index (Phi) is 5.42. The van der Waals surface area contributed by atoms with Gasteiger partial charge in [-0.15, -0.1) is 0 Å². The number of hydrogen-bond acceptors (Lipinski definition) is 3. The Labute approximate surface area is 104 Å². The Hall–Kier alpha value is -1.62. The monoisotopic (exact) mass is 256 g/mol. The molecule has 0 unspecified atom stereocenters. The lowest BCUT2D eigenvalue weighted by atomic mass is 10.2. The summed E-state index contributed by atoms with van der Waals surface area (Å²) in [6, 6.07) is 3.07. The van der Waals surface area contributed by atoms with Gasteiger partial charge in [0, 0.05) is 24.2 Å². The fraction of sp³-hybridized carbons (Fsp3) is 0.364. The number of aromatic nitrogens is 1. The first kappa shape index (κ1) is 13.4. The second-order valence-corrected chi connectivity index (χ2v) is 3.90. The summed E-state index contributed by atoms with van der Waals surface area (Å²) >= 11 is 5.72. The zero-order valence-corrected chi connectivity index (χ0v) is 9.91. The molecule has 0 atom stereocenters. The Bertz CT molecular complexity index is 409. The second kappa shape index (κ2) is 6.85. The maximum atomic E-state index is 11.5. The molecule has 5 nitrogen and oxygen atoms in total. The minimum Gasteiger partial charge on any atom is -0.481 e. The smallest absolute Gasteiger partial charge is 0.303 e. The van der Waals surface area contributed by atoms with E-state index in [9.17, 15) is 9.59 Å². The van der Waals surface area contributed by atoms with Crippen molar-refractivity contribution in [3.63, 3.8) is 0 Å². The van der Waals surface area contributed by atoms with E-state index in [2.05, 4.69) is 10.3 Å². The van der Waals surface area contributed by atoms with E-state index in [1.807, 2.05) is 0 Å². The van der Waals surface area contributed by atoms with Crippen LogP contribution >= 0.6 is 11.6 Å². The van der Waals surface area contributed by atoms with Crippen LogP contribution in [0.2, 0.25) is 5.02 Å². The molecule has 0 fully saturated rings. The molecule has 1 rings (SSSR count). The maximum Gasteiger partial charge on any atom is 0.303 e. The Balaban J connectivity index is 2.28. The molecule has 0 aliphatic rings. The number of nitrogens with one attached hydrogen (secondary N) is 1. The number of pyridine rings is 1. The third kappa shape index (κ3) is 5.31. The number of carbonyl (C=O) groups excluding carboxylic acids is 1. The van der Waals surface area contributed by atoms with E-state index in [-0.39, 0.29) is 18.0 Å². The third-order valence-electron chi connectivity index (χ3n) is 2.06. The van der Waals surface area contributed by atoms with E-state index in [1.165, 1.54) is 12.3 Å². The molecular formula is C11H13ClN2O3. The van der Waals surface area contributed by atoms with Gasteiger partial charge in [0.2, 0.25) is 0 Å². The van der Waals surface area contributed by atoms with Crippen molar-refractivity contribution >= 4 is 23.5 Å².